The monoisotopic (exact) mass is 985 g/mol. The Morgan fingerprint density at radius 1 is 0.632 bits per heavy atom. The summed E-state index contributed by atoms with van der Waals surface area (Å²) in [5.41, 5.74) is 6.92. The van der Waals surface area contributed by atoms with Crippen LogP contribution < -0.4 is 11.1 Å². The van der Waals surface area contributed by atoms with Gasteiger partial charge in [0.2, 0.25) is 17.7 Å². The summed E-state index contributed by atoms with van der Waals surface area (Å²) in [5, 5.41) is 12.1. The van der Waals surface area contributed by atoms with Crippen LogP contribution in [0.15, 0.2) is 23.3 Å². The number of esters is 2. The van der Waals surface area contributed by atoms with Crippen LogP contribution in [0.25, 0.3) is 0 Å². The number of ether oxygens (including phenoxy) is 2. The maximum absolute atomic E-state index is 13.5. The van der Waals surface area contributed by atoms with E-state index in [0.717, 1.165) is 64.5 Å². The van der Waals surface area contributed by atoms with E-state index in [0.29, 0.717) is 36.4 Å². The Morgan fingerprint density at radius 2 is 1.01 bits per heavy atom. The predicted octanol–water partition coefficient (Wildman–Crippen LogP) is 7.88. The highest BCUT2D eigenvalue weighted by Gasteiger charge is 2.37. The van der Waals surface area contributed by atoms with Gasteiger partial charge in [0.15, 0.2) is 0 Å². The second kappa shape index (κ2) is 33.9. The largest absolute Gasteiger partial charge is 0.480 e. The van der Waals surface area contributed by atoms with Crippen molar-refractivity contribution in [3.8, 4) is 0 Å². The Labute approximate surface area is 418 Å². The summed E-state index contributed by atoms with van der Waals surface area (Å²) in [6, 6.07) is -1.32. The Bertz CT molecular complexity index is 1600. The number of hydrogen-bond acceptors (Lipinski definition) is 11. The number of carbonyl (C=O) groups excluding carboxylic acids is 5. The van der Waals surface area contributed by atoms with E-state index in [4.69, 9.17) is 20.3 Å². The number of carboxylic acid groups (broad SMARTS) is 1. The molecular formula is C52H97ClN6O9. The maximum Gasteiger partial charge on any atom is 0.333 e. The number of amides is 3. The van der Waals surface area contributed by atoms with Crippen molar-refractivity contribution in [2.24, 2.45) is 29.4 Å². The minimum absolute atomic E-state index is 0. The van der Waals surface area contributed by atoms with E-state index in [9.17, 15) is 28.8 Å². The molecule has 0 aliphatic carbocycles. The SMILES string of the molecule is CCC(C)N1CCCC[C@@H]1C(=O)O.CCOC(=O)/C(C)=C/[C@H](C(C)C)N(C)C(=O)C(NC(=O)[C@H]1CCCCN1C(C)CC)C(C)C.CCOC(=O)/C(C)=C/[C@H](C(C)C)N(C)C(=O)[C@@H](N)C(C)C.Cl. The highest BCUT2D eigenvalue weighted by atomic mass is 35.5. The molecule has 396 valence electrons. The summed E-state index contributed by atoms with van der Waals surface area (Å²) in [6.45, 7) is 33.8. The molecule has 0 radical (unpaired) electrons. The molecule has 2 aliphatic heterocycles. The van der Waals surface area contributed by atoms with E-state index in [1.165, 1.54) is 0 Å². The molecule has 4 N–H and O–H groups in total. The Kier molecular flexibility index (Phi) is 33.2. The van der Waals surface area contributed by atoms with Crippen molar-refractivity contribution < 1.29 is 43.3 Å². The summed E-state index contributed by atoms with van der Waals surface area (Å²) < 4.78 is 10.1. The number of likely N-dealkylation sites (N-methyl/N-ethyl adjacent to an activating group) is 2. The van der Waals surface area contributed by atoms with Gasteiger partial charge in [-0.2, -0.15) is 0 Å². The highest BCUT2D eigenvalue weighted by Crippen LogP contribution is 2.24. The lowest BCUT2D eigenvalue weighted by atomic mass is 9.95. The molecular weight excluding hydrogens is 888 g/mol. The quantitative estimate of drug-likeness (QED) is 0.0746. The molecule has 0 aromatic heterocycles. The third kappa shape index (κ3) is 21.6. The van der Waals surface area contributed by atoms with Gasteiger partial charge in [-0.15, -0.1) is 12.4 Å². The first-order valence-electron chi connectivity index (χ1n) is 25.3. The average molecular weight is 986 g/mol. The van der Waals surface area contributed by atoms with Gasteiger partial charge in [0, 0.05) is 37.3 Å². The molecule has 3 amide bonds. The molecule has 0 spiro atoms. The third-order valence-corrected chi connectivity index (χ3v) is 13.2. The number of carbonyl (C=O) groups is 6. The number of nitrogens with zero attached hydrogens (tertiary/aromatic N) is 4. The molecule has 2 aliphatic rings. The number of aliphatic carboxylic acids is 1. The van der Waals surface area contributed by atoms with Crippen molar-refractivity contribution >= 4 is 48.0 Å². The summed E-state index contributed by atoms with van der Waals surface area (Å²) in [7, 11) is 3.47. The van der Waals surface area contributed by atoms with Gasteiger partial charge in [-0.25, -0.2) is 9.59 Å². The summed E-state index contributed by atoms with van der Waals surface area (Å²) >= 11 is 0. The van der Waals surface area contributed by atoms with E-state index in [-0.39, 0.29) is 89.9 Å². The second-order valence-corrected chi connectivity index (χ2v) is 19.9. The van der Waals surface area contributed by atoms with Gasteiger partial charge in [-0.3, -0.25) is 29.0 Å². The molecule has 68 heavy (non-hydrogen) atoms. The normalized spacial score (nSPS) is 19.7. The molecule has 15 nitrogen and oxygen atoms in total. The standard InChI is InChI=1S/C26H47N3O4.C16H30N2O3.C10H19NO2.ClH/c1-10-20(8)29-15-13-12-14-21(29)24(30)27-23(18(5)6)25(31)28(9)22(17(3)4)16-19(7)26(32)33-11-2;1-8-21-16(20)12(6)9-13(10(2)3)18(7)15(19)14(17)11(4)5;1-3-8(2)11-7-5-4-6-9(11)10(12)13;/h16-18,20-23H,10-15H2,1-9H3,(H,27,30);9-11,13-14H,8,17H2,1-7H3;8-9H,3-7H2,1-2H3,(H,12,13);1H/b19-16+;12-9+;;/t20?,21-,22-,23?;13-,14+;8?,9-;/m111./s1. The molecule has 0 aromatic carbocycles. The van der Waals surface area contributed by atoms with Crippen molar-refractivity contribution in [3.05, 3.63) is 23.3 Å². The van der Waals surface area contributed by atoms with Gasteiger partial charge in [-0.05, 0) is 117 Å². The van der Waals surface area contributed by atoms with E-state index in [1.54, 1.807) is 63.7 Å². The van der Waals surface area contributed by atoms with Crippen LogP contribution in [0.2, 0.25) is 0 Å². The minimum atomic E-state index is -0.653. The van der Waals surface area contributed by atoms with Gasteiger partial charge in [-0.1, -0.05) is 94.2 Å². The molecule has 0 bridgehead atoms. The zero-order valence-corrected chi connectivity index (χ0v) is 46.4. The number of hydrogen-bond donors (Lipinski definition) is 3. The zero-order valence-electron chi connectivity index (χ0n) is 45.6. The lowest BCUT2D eigenvalue weighted by Crippen LogP contribution is -2.59. The fourth-order valence-corrected chi connectivity index (χ4v) is 8.42. The Hall–Kier alpha value is -3.53. The molecule has 0 aromatic rings. The van der Waals surface area contributed by atoms with Crippen LogP contribution in [0.4, 0.5) is 0 Å². The molecule has 2 rings (SSSR count). The van der Waals surface area contributed by atoms with Crippen LogP contribution in [0.3, 0.4) is 0 Å². The van der Waals surface area contributed by atoms with E-state index < -0.39 is 18.1 Å². The highest BCUT2D eigenvalue weighted by molar-refractivity contribution is 5.91. The number of halogens is 1. The van der Waals surface area contributed by atoms with E-state index >= 15 is 0 Å². The minimum Gasteiger partial charge on any atom is -0.480 e. The van der Waals surface area contributed by atoms with Crippen LogP contribution in [0, 0.1) is 23.7 Å². The van der Waals surface area contributed by atoms with Gasteiger partial charge in [0.05, 0.1) is 37.4 Å². The first kappa shape index (κ1) is 66.6. The zero-order chi connectivity index (χ0) is 51.9. The molecule has 2 saturated heterocycles. The van der Waals surface area contributed by atoms with Crippen molar-refractivity contribution in [3.63, 3.8) is 0 Å². The first-order valence-corrected chi connectivity index (χ1v) is 25.3. The second-order valence-electron chi connectivity index (χ2n) is 19.9. The molecule has 2 heterocycles. The van der Waals surface area contributed by atoms with Crippen molar-refractivity contribution in [1.82, 2.24) is 24.9 Å². The molecule has 3 unspecified atom stereocenters. The molecule has 8 atom stereocenters. The summed E-state index contributed by atoms with van der Waals surface area (Å²) in [5.74, 6) is -1.43. The maximum atomic E-state index is 13.5. The predicted molar refractivity (Wildman–Crippen MR) is 276 cm³/mol. The van der Waals surface area contributed by atoms with Crippen LogP contribution in [0.1, 0.15) is 162 Å². The summed E-state index contributed by atoms with van der Waals surface area (Å²) in [6.07, 6.45) is 11.6. The van der Waals surface area contributed by atoms with Crippen LogP contribution in [0.5, 0.6) is 0 Å². The number of carboxylic acids is 1. The van der Waals surface area contributed by atoms with Gasteiger partial charge < -0.3 is 35.4 Å². The van der Waals surface area contributed by atoms with Crippen molar-refractivity contribution in [2.45, 2.75) is 210 Å². The number of nitrogens with two attached hydrogens (primary N) is 1. The lowest BCUT2D eigenvalue weighted by molar-refractivity contribution is -0.146. The van der Waals surface area contributed by atoms with Crippen LogP contribution >= 0.6 is 12.4 Å². The van der Waals surface area contributed by atoms with Crippen molar-refractivity contribution in [1.29, 1.82) is 0 Å². The number of likely N-dealkylation sites (tertiary alicyclic amines) is 2. The van der Waals surface area contributed by atoms with Crippen molar-refractivity contribution in [2.75, 3.05) is 40.4 Å². The average Bonchev–Trinajstić information content (AvgIpc) is 3.29. The fraction of sp³-hybridized carbons (Fsp3) is 0.808. The topological polar surface area (TPSA) is 192 Å². The number of rotatable bonds is 21. The fourth-order valence-electron chi connectivity index (χ4n) is 8.42. The van der Waals surface area contributed by atoms with E-state index in [2.05, 4.69) is 42.8 Å². The van der Waals surface area contributed by atoms with Gasteiger partial charge in [0.25, 0.3) is 0 Å². The molecule has 0 saturated carbocycles. The van der Waals surface area contributed by atoms with Crippen LogP contribution in [-0.2, 0) is 38.2 Å². The smallest absolute Gasteiger partial charge is 0.333 e. The van der Waals surface area contributed by atoms with Gasteiger partial charge in [0.1, 0.15) is 12.1 Å². The Morgan fingerprint density at radius 3 is 1.35 bits per heavy atom. The number of nitrogens with one attached hydrogen (secondary N) is 1. The van der Waals surface area contributed by atoms with Gasteiger partial charge >= 0.3 is 17.9 Å². The first-order chi connectivity index (χ1) is 31.2. The summed E-state index contributed by atoms with van der Waals surface area (Å²) in [4.78, 5) is 81.7. The number of piperidine rings is 2. The molecule has 16 heteroatoms. The third-order valence-electron chi connectivity index (χ3n) is 13.2. The molecule has 2 fully saturated rings. The lowest BCUT2D eigenvalue weighted by Gasteiger charge is -2.40. The van der Waals surface area contributed by atoms with E-state index in [1.807, 2.05) is 55.4 Å². The van der Waals surface area contributed by atoms with Crippen LogP contribution in [-0.4, -0.2) is 149 Å². The Balaban J connectivity index is 0.